The maximum absolute atomic E-state index is 13.4. The molecule has 1 amide bonds. The van der Waals surface area contributed by atoms with E-state index in [-0.39, 0.29) is 41.8 Å². The molecule has 1 saturated carbocycles. The largest absolute Gasteiger partial charge is 0.427 e. The van der Waals surface area contributed by atoms with Crippen LogP contribution in [0.1, 0.15) is 37.3 Å². The number of likely N-dealkylation sites (tertiary alicyclic amines) is 1. The topological polar surface area (TPSA) is 59.1 Å². The van der Waals surface area contributed by atoms with Crippen LogP contribution in [0, 0.1) is 5.92 Å². The van der Waals surface area contributed by atoms with Gasteiger partial charge in [-0.3, -0.25) is 9.59 Å². The summed E-state index contributed by atoms with van der Waals surface area (Å²) in [6.07, 6.45) is 2.76. The van der Waals surface area contributed by atoms with Crippen molar-refractivity contribution in [2.45, 2.75) is 50.2 Å². The normalized spacial score (nSPS) is 26.2. The van der Waals surface area contributed by atoms with Gasteiger partial charge in [0.1, 0.15) is 5.75 Å². The minimum Gasteiger partial charge on any atom is -0.427 e. The molecule has 8 heteroatoms. The predicted molar refractivity (Wildman–Crippen MR) is 142 cm³/mol. The van der Waals surface area contributed by atoms with Crippen LogP contribution in [-0.2, 0) is 26.2 Å². The van der Waals surface area contributed by atoms with Crippen LogP contribution in [0.3, 0.4) is 0 Å². The third kappa shape index (κ3) is 5.57. The number of amides is 1. The van der Waals surface area contributed by atoms with Crippen molar-refractivity contribution in [3.63, 3.8) is 0 Å². The highest BCUT2D eigenvalue weighted by molar-refractivity contribution is 6.42. The number of carbonyl (C=O) groups is 2. The van der Waals surface area contributed by atoms with Crippen LogP contribution < -0.4 is 4.74 Å². The van der Waals surface area contributed by atoms with Crippen molar-refractivity contribution in [1.29, 1.82) is 0 Å². The average Bonchev–Trinajstić information content (AvgIpc) is 2.85. The summed E-state index contributed by atoms with van der Waals surface area (Å²) in [6.45, 7) is 3.26. The molecule has 194 valence electrons. The fraction of sp³-hybridized carbons (Fsp3) is 0.500. The number of likely N-dealkylation sites (N-methyl/N-ethyl adjacent to an activating group) is 1. The van der Waals surface area contributed by atoms with Crippen molar-refractivity contribution < 1.29 is 19.1 Å². The molecule has 1 saturated heterocycles. The number of benzene rings is 2. The second-order valence-electron chi connectivity index (χ2n) is 10.2. The molecule has 1 aliphatic heterocycles. The first-order valence-electron chi connectivity index (χ1n) is 12.3. The van der Waals surface area contributed by atoms with Gasteiger partial charge in [0.05, 0.1) is 22.6 Å². The van der Waals surface area contributed by atoms with Crippen molar-refractivity contribution in [2.75, 3.05) is 34.3 Å². The lowest BCUT2D eigenvalue weighted by Gasteiger charge is -2.56. The molecule has 2 aromatic rings. The summed E-state index contributed by atoms with van der Waals surface area (Å²) in [5, 5.41) is 0.921. The molecule has 0 spiro atoms. The smallest absolute Gasteiger partial charge is 0.308 e. The Morgan fingerprint density at radius 3 is 2.64 bits per heavy atom. The maximum Gasteiger partial charge on any atom is 0.308 e. The molecule has 6 nitrogen and oxygen atoms in total. The van der Waals surface area contributed by atoms with E-state index in [0.717, 1.165) is 43.5 Å². The summed E-state index contributed by atoms with van der Waals surface area (Å²) in [6, 6.07) is 13.2. The van der Waals surface area contributed by atoms with Crippen LogP contribution in [0.2, 0.25) is 10.0 Å². The third-order valence-corrected chi connectivity index (χ3v) is 8.70. The van der Waals surface area contributed by atoms with E-state index in [9.17, 15) is 9.59 Å². The summed E-state index contributed by atoms with van der Waals surface area (Å²) in [5.41, 5.74) is 1.77. The molecule has 4 unspecified atom stereocenters. The highest BCUT2D eigenvalue weighted by Crippen LogP contribution is 2.51. The molecule has 0 bridgehead atoms. The molecule has 1 aliphatic carbocycles. The Hall–Kier alpha value is -2.12. The first kappa shape index (κ1) is 26.9. The van der Waals surface area contributed by atoms with E-state index >= 15 is 0 Å². The van der Waals surface area contributed by atoms with Crippen molar-refractivity contribution in [3.05, 3.63) is 63.6 Å². The highest BCUT2D eigenvalue weighted by atomic mass is 35.5. The van der Waals surface area contributed by atoms with Crippen LogP contribution in [0.5, 0.6) is 5.75 Å². The number of hydrogen-bond donors (Lipinski definition) is 0. The lowest BCUT2D eigenvalue weighted by Crippen LogP contribution is -2.61. The Morgan fingerprint density at radius 2 is 1.94 bits per heavy atom. The Morgan fingerprint density at radius 1 is 1.17 bits per heavy atom. The monoisotopic (exact) mass is 532 g/mol. The van der Waals surface area contributed by atoms with Gasteiger partial charge in [0.25, 0.3) is 0 Å². The SMILES string of the molecule is COC1CC(N(C)C(=O)Cc2ccc(Cl)c(Cl)c2)CC2(c3cccc(OC(C)=O)c3)CCN(C)CC12. The maximum atomic E-state index is 13.4. The first-order chi connectivity index (χ1) is 17.1. The van der Waals surface area contributed by atoms with Gasteiger partial charge in [-0.25, -0.2) is 0 Å². The molecular formula is C28H34Cl2N2O4. The fourth-order valence-corrected chi connectivity index (χ4v) is 6.38. The lowest BCUT2D eigenvalue weighted by atomic mass is 9.56. The zero-order chi connectivity index (χ0) is 26.0. The Bertz CT molecular complexity index is 1130. The Kier molecular flexibility index (Phi) is 8.30. The van der Waals surface area contributed by atoms with Crippen LogP contribution in [0.4, 0.5) is 0 Å². The molecule has 0 aromatic heterocycles. The first-order valence-corrected chi connectivity index (χ1v) is 13.1. The van der Waals surface area contributed by atoms with Crippen molar-refractivity contribution in [3.8, 4) is 5.75 Å². The van der Waals surface area contributed by atoms with Gasteiger partial charge in [0, 0.05) is 45.0 Å². The quantitative estimate of drug-likeness (QED) is 0.387. The molecule has 2 fully saturated rings. The van der Waals surface area contributed by atoms with Crippen LogP contribution >= 0.6 is 23.2 Å². The number of hydrogen-bond acceptors (Lipinski definition) is 5. The van der Waals surface area contributed by atoms with Crippen LogP contribution in [0.15, 0.2) is 42.5 Å². The van der Waals surface area contributed by atoms with Crippen molar-refractivity contribution in [2.24, 2.45) is 5.92 Å². The van der Waals surface area contributed by atoms with Gasteiger partial charge < -0.3 is 19.3 Å². The highest BCUT2D eigenvalue weighted by Gasteiger charge is 2.53. The van der Waals surface area contributed by atoms with Gasteiger partial charge >= 0.3 is 5.97 Å². The number of esters is 1. The van der Waals surface area contributed by atoms with Crippen LogP contribution in [0.25, 0.3) is 0 Å². The number of halogens is 2. The number of piperidine rings is 1. The van der Waals surface area contributed by atoms with E-state index in [1.54, 1.807) is 19.2 Å². The third-order valence-electron chi connectivity index (χ3n) is 7.96. The van der Waals surface area contributed by atoms with E-state index < -0.39 is 0 Å². The number of carbonyl (C=O) groups excluding carboxylic acids is 2. The number of fused-ring (bicyclic) bond motifs is 1. The van der Waals surface area contributed by atoms with Crippen molar-refractivity contribution in [1.82, 2.24) is 9.80 Å². The summed E-state index contributed by atoms with van der Waals surface area (Å²) in [7, 11) is 5.79. The van der Waals surface area contributed by atoms with Crippen molar-refractivity contribution >= 4 is 35.1 Å². The van der Waals surface area contributed by atoms with Gasteiger partial charge in [-0.2, -0.15) is 0 Å². The number of rotatable bonds is 6. The molecule has 0 N–H and O–H groups in total. The number of nitrogens with zero attached hydrogens (tertiary/aromatic N) is 2. The Balaban J connectivity index is 1.64. The van der Waals surface area contributed by atoms with E-state index in [1.807, 2.05) is 36.2 Å². The molecule has 0 radical (unpaired) electrons. The molecular weight excluding hydrogens is 499 g/mol. The summed E-state index contributed by atoms with van der Waals surface area (Å²) >= 11 is 12.2. The van der Waals surface area contributed by atoms with Gasteiger partial charge in [-0.15, -0.1) is 0 Å². The number of ether oxygens (including phenoxy) is 2. The zero-order valence-corrected chi connectivity index (χ0v) is 22.8. The molecule has 1 heterocycles. The van der Waals surface area contributed by atoms with E-state index in [2.05, 4.69) is 18.0 Å². The second-order valence-corrected chi connectivity index (χ2v) is 11.0. The Labute approximate surface area is 223 Å². The summed E-state index contributed by atoms with van der Waals surface area (Å²) < 4.78 is 11.5. The van der Waals surface area contributed by atoms with Gasteiger partial charge in [-0.05, 0) is 68.2 Å². The average molecular weight is 533 g/mol. The fourth-order valence-electron chi connectivity index (χ4n) is 6.06. The lowest BCUT2D eigenvalue weighted by molar-refractivity contribution is -0.137. The van der Waals surface area contributed by atoms with Gasteiger partial charge in [0.15, 0.2) is 0 Å². The zero-order valence-electron chi connectivity index (χ0n) is 21.3. The van der Waals surface area contributed by atoms with Gasteiger partial charge in [0.2, 0.25) is 5.91 Å². The van der Waals surface area contributed by atoms with Gasteiger partial charge in [-0.1, -0.05) is 41.4 Å². The molecule has 4 rings (SSSR count). The molecule has 4 atom stereocenters. The van der Waals surface area contributed by atoms with E-state index in [0.29, 0.717) is 15.8 Å². The summed E-state index contributed by atoms with van der Waals surface area (Å²) in [5.74, 6) is 0.493. The molecule has 2 aromatic carbocycles. The number of methoxy groups -OCH3 is 1. The standard InChI is InChI=1S/C28H34Cl2N2O4/c1-18(33)36-22-7-5-6-20(14-22)28-10-11-31(2)17-23(28)26(35-4)15-21(16-28)32(3)27(34)13-19-8-9-24(29)25(30)12-19/h5-9,12,14,21,23,26H,10-11,13,15-17H2,1-4H3. The predicted octanol–water partition coefficient (Wildman–Crippen LogP) is 4.99. The molecule has 36 heavy (non-hydrogen) atoms. The van der Waals surface area contributed by atoms with Crippen LogP contribution in [-0.4, -0.2) is 68.1 Å². The van der Waals surface area contributed by atoms with E-state index in [4.69, 9.17) is 32.7 Å². The second kappa shape index (κ2) is 11.1. The minimum absolute atomic E-state index is 0.00209. The molecule has 2 aliphatic rings. The summed E-state index contributed by atoms with van der Waals surface area (Å²) in [4.78, 5) is 29.2. The minimum atomic E-state index is -0.339. The van der Waals surface area contributed by atoms with E-state index in [1.165, 1.54) is 6.92 Å².